The second kappa shape index (κ2) is 4.45. The van der Waals surface area contributed by atoms with Crippen molar-refractivity contribution in [2.24, 2.45) is 0 Å². The standard InChI is InChI=1S/C15H12O5/c1-18-11-6-5-10-13(15(11)19-2)14(17)9-4-3-8(16)7-12(9)20-10/h3-7,16H,1-2H3. The summed E-state index contributed by atoms with van der Waals surface area (Å²) in [5.41, 5.74) is 0.484. The lowest BCUT2D eigenvalue weighted by molar-refractivity contribution is 0.358. The zero-order valence-electron chi connectivity index (χ0n) is 11.0. The van der Waals surface area contributed by atoms with E-state index in [9.17, 15) is 9.90 Å². The number of phenols is 1. The first-order valence-corrected chi connectivity index (χ1v) is 5.96. The number of fused-ring (bicyclic) bond motifs is 2. The number of ether oxygens (including phenoxy) is 2. The fourth-order valence-electron chi connectivity index (χ4n) is 2.25. The molecular weight excluding hydrogens is 260 g/mol. The molecule has 1 heterocycles. The number of phenolic OH excluding ortho intramolecular Hbond substituents is 1. The van der Waals surface area contributed by atoms with Gasteiger partial charge in [-0.05, 0) is 24.3 Å². The molecule has 0 saturated carbocycles. The van der Waals surface area contributed by atoms with Crippen LogP contribution in [0.1, 0.15) is 0 Å². The monoisotopic (exact) mass is 272 g/mol. The normalized spacial score (nSPS) is 10.9. The average Bonchev–Trinajstić information content (AvgIpc) is 2.45. The molecule has 5 heteroatoms. The fourth-order valence-corrected chi connectivity index (χ4v) is 2.25. The number of hydrogen-bond donors (Lipinski definition) is 1. The van der Waals surface area contributed by atoms with Gasteiger partial charge in [0.1, 0.15) is 22.3 Å². The molecule has 0 atom stereocenters. The molecule has 0 bridgehead atoms. The zero-order chi connectivity index (χ0) is 14.3. The van der Waals surface area contributed by atoms with Crippen LogP contribution in [0.3, 0.4) is 0 Å². The van der Waals surface area contributed by atoms with Gasteiger partial charge in [-0.3, -0.25) is 4.79 Å². The van der Waals surface area contributed by atoms with Crippen LogP contribution in [0, 0.1) is 0 Å². The first kappa shape index (κ1) is 12.3. The van der Waals surface area contributed by atoms with E-state index in [2.05, 4.69) is 0 Å². The molecule has 102 valence electrons. The smallest absolute Gasteiger partial charge is 0.204 e. The third-order valence-electron chi connectivity index (χ3n) is 3.16. The minimum Gasteiger partial charge on any atom is -0.508 e. The summed E-state index contributed by atoms with van der Waals surface area (Å²) in [6.45, 7) is 0. The lowest BCUT2D eigenvalue weighted by atomic mass is 10.1. The Morgan fingerprint density at radius 2 is 1.85 bits per heavy atom. The summed E-state index contributed by atoms with van der Waals surface area (Å²) in [5.74, 6) is 0.847. The van der Waals surface area contributed by atoms with Crippen LogP contribution in [0.25, 0.3) is 21.9 Å². The highest BCUT2D eigenvalue weighted by molar-refractivity contribution is 5.95. The van der Waals surface area contributed by atoms with Gasteiger partial charge in [-0.25, -0.2) is 0 Å². The summed E-state index contributed by atoms with van der Waals surface area (Å²) < 4.78 is 16.1. The molecule has 0 fully saturated rings. The van der Waals surface area contributed by atoms with Gasteiger partial charge in [-0.15, -0.1) is 0 Å². The van der Waals surface area contributed by atoms with Gasteiger partial charge < -0.3 is 19.0 Å². The Balaban J connectivity index is 2.53. The highest BCUT2D eigenvalue weighted by atomic mass is 16.5. The molecule has 1 aromatic heterocycles. The average molecular weight is 272 g/mol. The molecule has 5 nitrogen and oxygen atoms in total. The first-order chi connectivity index (χ1) is 9.65. The second-order valence-corrected chi connectivity index (χ2v) is 4.29. The van der Waals surface area contributed by atoms with Crippen LogP contribution in [-0.2, 0) is 0 Å². The van der Waals surface area contributed by atoms with Gasteiger partial charge in [-0.1, -0.05) is 0 Å². The van der Waals surface area contributed by atoms with E-state index < -0.39 is 0 Å². The largest absolute Gasteiger partial charge is 0.508 e. The quantitative estimate of drug-likeness (QED) is 0.726. The Morgan fingerprint density at radius 1 is 1.05 bits per heavy atom. The Bertz CT molecular complexity index is 863. The fraction of sp³-hybridized carbons (Fsp3) is 0.133. The summed E-state index contributed by atoms with van der Waals surface area (Å²) in [5, 5.41) is 10.2. The van der Waals surface area contributed by atoms with Crippen molar-refractivity contribution in [3.05, 3.63) is 40.6 Å². The topological polar surface area (TPSA) is 68.9 Å². The lowest BCUT2D eigenvalue weighted by Crippen LogP contribution is -2.05. The van der Waals surface area contributed by atoms with E-state index in [1.165, 1.54) is 32.4 Å². The van der Waals surface area contributed by atoms with Crippen LogP contribution in [0.5, 0.6) is 17.2 Å². The Morgan fingerprint density at radius 3 is 2.55 bits per heavy atom. The van der Waals surface area contributed by atoms with E-state index in [1.807, 2.05) is 0 Å². The second-order valence-electron chi connectivity index (χ2n) is 4.29. The molecule has 0 amide bonds. The molecule has 0 spiro atoms. The van der Waals surface area contributed by atoms with E-state index >= 15 is 0 Å². The molecule has 0 saturated heterocycles. The van der Waals surface area contributed by atoms with Crippen molar-refractivity contribution in [2.45, 2.75) is 0 Å². The van der Waals surface area contributed by atoms with Gasteiger partial charge in [0.25, 0.3) is 0 Å². The first-order valence-electron chi connectivity index (χ1n) is 5.96. The van der Waals surface area contributed by atoms with Gasteiger partial charge in [0, 0.05) is 6.07 Å². The van der Waals surface area contributed by atoms with Crippen LogP contribution in [0.15, 0.2) is 39.5 Å². The van der Waals surface area contributed by atoms with Crippen molar-refractivity contribution in [1.29, 1.82) is 0 Å². The predicted octanol–water partition coefficient (Wildman–Crippen LogP) is 2.67. The molecule has 0 radical (unpaired) electrons. The highest BCUT2D eigenvalue weighted by Crippen LogP contribution is 2.35. The number of benzene rings is 2. The summed E-state index contributed by atoms with van der Waals surface area (Å²) in [6.07, 6.45) is 0. The maximum Gasteiger partial charge on any atom is 0.204 e. The Hall–Kier alpha value is -2.69. The summed E-state index contributed by atoms with van der Waals surface area (Å²) in [6, 6.07) is 7.68. The minimum absolute atomic E-state index is 0.0421. The van der Waals surface area contributed by atoms with Crippen LogP contribution in [0.4, 0.5) is 0 Å². The molecule has 3 rings (SSSR count). The molecule has 1 N–H and O–H groups in total. The zero-order valence-corrected chi connectivity index (χ0v) is 11.0. The number of hydrogen-bond acceptors (Lipinski definition) is 5. The maximum atomic E-state index is 12.6. The Labute approximate surface area is 114 Å². The highest BCUT2D eigenvalue weighted by Gasteiger charge is 2.16. The number of aromatic hydroxyl groups is 1. The summed E-state index contributed by atoms with van der Waals surface area (Å²) >= 11 is 0. The van der Waals surface area contributed by atoms with Gasteiger partial charge >= 0.3 is 0 Å². The summed E-state index contributed by atoms with van der Waals surface area (Å²) in [7, 11) is 2.97. The lowest BCUT2D eigenvalue weighted by Gasteiger charge is -2.10. The maximum absolute atomic E-state index is 12.6. The van der Waals surface area contributed by atoms with Crippen LogP contribution >= 0.6 is 0 Å². The van der Waals surface area contributed by atoms with Crippen molar-refractivity contribution in [2.75, 3.05) is 14.2 Å². The van der Waals surface area contributed by atoms with Gasteiger partial charge in [0.05, 0.1) is 19.6 Å². The van der Waals surface area contributed by atoms with Crippen molar-refractivity contribution in [1.82, 2.24) is 0 Å². The van der Waals surface area contributed by atoms with Crippen molar-refractivity contribution >= 4 is 21.9 Å². The predicted molar refractivity (Wildman–Crippen MR) is 74.8 cm³/mol. The van der Waals surface area contributed by atoms with Crippen LogP contribution in [0.2, 0.25) is 0 Å². The molecular formula is C15H12O5. The van der Waals surface area contributed by atoms with E-state index in [4.69, 9.17) is 13.9 Å². The molecule has 20 heavy (non-hydrogen) atoms. The number of methoxy groups -OCH3 is 2. The van der Waals surface area contributed by atoms with E-state index in [-0.39, 0.29) is 11.2 Å². The molecule has 0 unspecified atom stereocenters. The molecule has 0 aliphatic rings. The Kier molecular flexibility index (Phi) is 2.75. The molecule has 0 aliphatic carbocycles. The van der Waals surface area contributed by atoms with Crippen molar-refractivity contribution < 1.29 is 19.0 Å². The van der Waals surface area contributed by atoms with Crippen molar-refractivity contribution in [3.8, 4) is 17.2 Å². The number of rotatable bonds is 2. The third kappa shape index (κ3) is 1.67. The summed E-state index contributed by atoms with van der Waals surface area (Å²) in [4.78, 5) is 12.6. The van der Waals surface area contributed by atoms with E-state index in [0.29, 0.717) is 33.4 Å². The van der Waals surface area contributed by atoms with Gasteiger partial charge in [-0.2, -0.15) is 0 Å². The van der Waals surface area contributed by atoms with Crippen LogP contribution < -0.4 is 14.9 Å². The molecule has 0 aliphatic heterocycles. The van der Waals surface area contributed by atoms with Gasteiger partial charge in [0.2, 0.25) is 5.43 Å². The SMILES string of the molecule is COc1ccc2oc3cc(O)ccc3c(=O)c2c1OC. The van der Waals surface area contributed by atoms with Gasteiger partial charge in [0.15, 0.2) is 11.5 Å². The molecule has 2 aromatic carbocycles. The van der Waals surface area contributed by atoms with E-state index in [0.717, 1.165) is 0 Å². The molecule has 3 aromatic rings. The van der Waals surface area contributed by atoms with E-state index in [1.54, 1.807) is 12.1 Å². The third-order valence-corrected chi connectivity index (χ3v) is 3.16. The van der Waals surface area contributed by atoms with Crippen LogP contribution in [-0.4, -0.2) is 19.3 Å². The van der Waals surface area contributed by atoms with Crippen molar-refractivity contribution in [3.63, 3.8) is 0 Å². The minimum atomic E-state index is -0.225.